The number of likely N-dealkylation sites (tertiary alicyclic amines) is 1. The molecule has 6 nitrogen and oxygen atoms in total. The number of amides is 2. The molecule has 1 aliphatic carbocycles. The van der Waals surface area contributed by atoms with Crippen LogP contribution in [0.1, 0.15) is 50.1 Å². The highest BCUT2D eigenvalue weighted by Gasteiger charge is 2.47. The maximum Gasteiger partial charge on any atom is 0.333 e. The first-order valence-corrected chi connectivity index (χ1v) is 11.8. The van der Waals surface area contributed by atoms with Gasteiger partial charge >= 0.3 is 12.0 Å². The van der Waals surface area contributed by atoms with Gasteiger partial charge in [0.25, 0.3) is 0 Å². The van der Waals surface area contributed by atoms with Crippen LogP contribution in [0, 0.1) is 11.8 Å². The Hall–Kier alpha value is -2.34. The number of nitrogens with zero attached hydrogens (tertiary/aromatic N) is 2. The molecule has 0 aromatic heterocycles. The number of methoxy groups -OCH3 is 1. The Morgan fingerprint density at radius 2 is 1.97 bits per heavy atom. The van der Waals surface area contributed by atoms with E-state index in [4.69, 9.17) is 4.74 Å². The maximum atomic E-state index is 13.5. The summed E-state index contributed by atoms with van der Waals surface area (Å²) in [6.07, 6.45) is 9.71. The lowest BCUT2D eigenvalue weighted by Gasteiger charge is -2.54. The average molecular weight is 424 g/mol. The normalized spacial score (nSPS) is 31.0. The van der Waals surface area contributed by atoms with Crippen molar-refractivity contribution < 1.29 is 14.3 Å². The fourth-order valence-electron chi connectivity index (χ4n) is 6.45. The van der Waals surface area contributed by atoms with Crippen LogP contribution < -0.4 is 5.32 Å². The van der Waals surface area contributed by atoms with E-state index in [1.807, 2.05) is 35.2 Å². The van der Waals surface area contributed by atoms with Gasteiger partial charge < -0.3 is 15.0 Å². The number of carbonyl (C=O) groups is 2. The van der Waals surface area contributed by atoms with Crippen LogP contribution in [0.2, 0.25) is 0 Å². The van der Waals surface area contributed by atoms with Crippen LogP contribution in [0.15, 0.2) is 42.0 Å². The van der Waals surface area contributed by atoms with Crippen LogP contribution in [0.3, 0.4) is 0 Å². The van der Waals surface area contributed by atoms with Gasteiger partial charge in [0, 0.05) is 19.1 Å². The fraction of sp³-hybridized carbons (Fsp3) is 0.600. The molecular formula is C25H33N3O3. The zero-order chi connectivity index (χ0) is 21.4. The summed E-state index contributed by atoms with van der Waals surface area (Å²) in [5, 5.41) is 2.99. The van der Waals surface area contributed by atoms with Crippen LogP contribution in [0.4, 0.5) is 4.79 Å². The van der Waals surface area contributed by atoms with Crippen molar-refractivity contribution in [3.8, 4) is 0 Å². The summed E-state index contributed by atoms with van der Waals surface area (Å²) in [5.74, 6) is 0.684. The van der Waals surface area contributed by atoms with Gasteiger partial charge in [-0.15, -0.1) is 0 Å². The lowest BCUT2D eigenvalue weighted by Crippen LogP contribution is -2.61. The Balaban J connectivity index is 1.38. The number of esters is 1. The molecule has 166 valence electrons. The first-order valence-electron chi connectivity index (χ1n) is 11.8. The second-order valence-electron chi connectivity index (χ2n) is 9.52. The molecule has 2 bridgehead atoms. The number of piperidine rings is 3. The first kappa shape index (κ1) is 20.6. The van der Waals surface area contributed by atoms with Crippen LogP contribution in [0.5, 0.6) is 0 Å². The van der Waals surface area contributed by atoms with E-state index in [1.54, 1.807) is 0 Å². The smallest absolute Gasteiger partial charge is 0.333 e. The number of hydrogen-bond acceptors (Lipinski definition) is 4. The lowest BCUT2D eigenvalue weighted by molar-refractivity contribution is -0.143. The van der Waals surface area contributed by atoms with E-state index in [0.29, 0.717) is 17.9 Å². The van der Waals surface area contributed by atoms with E-state index in [1.165, 1.54) is 44.9 Å². The minimum Gasteiger partial charge on any atom is -0.467 e. The van der Waals surface area contributed by atoms with Gasteiger partial charge in [-0.3, -0.25) is 4.90 Å². The van der Waals surface area contributed by atoms with E-state index in [-0.39, 0.29) is 12.1 Å². The molecule has 0 saturated carbocycles. The molecule has 0 radical (unpaired) electrons. The number of benzene rings is 1. The number of ether oxygens (including phenoxy) is 1. The van der Waals surface area contributed by atoms with E-state index in [2.05, 4.69) is 16.3 Å². The van der Waals surface area contributed by atoms with Crippen LogP contribution in [0.25, 0.3) is 0 Å². The quantitative estimate of drug-likeness (QED) is 0.597. The van der Waals surface area contributed by atoms with E-state index in [0.717, 1.165) is 31.5 Å². The van der Waals surface area contributed by atoms with Crippen molar-refractivity contribution in [3.63, 3.8) is 0 Å². The molecule has 0 spiro atoms. The highest BCUT2D eigenvalue weighted by Crippen LogP contribution is 2.45. The SMILES string of the molecule is COC(=O)[C@@H](NC(=O)N1CCCC2=C[C@H]3C[C@@H](CN4CCCC[C@H]34)[C@@H]21)c1ccccc1. The first-order chi connectivity index (χ1) is 15.2. The third-order valence-corrected chi connectivity index (χ3v) is 7.76. The topological polar surface area (TPSA) is 61.9 Å². The zero-order valence-electron chi connectivity index (χ0n) is 18.3. The molecule has 4 aliphatic rings. The van der Waals surface area contributed by atoms with Crippen molar-refractivity contribution >= 4 is 12.0 Å². The van der Waals surface area contributed by atoms with E-state index < -0.39 is 12.0 Å². The number of urea groups is 1. The number of fused-ring (bicyclic) bond motifs is 6. The van der Waals surface area contributed by atoms with Crippen LogP contribution >= 0.6 is 0 Å². The average Bonchev–Trinajstić information content (AvgIpc) is 2.82. The Labute approximate surface area is 184 Å². The monoisotopic (exact) mass is 423 g/mol. The van der Waals surface area contributed by atoms with Crippen LogP contribution in [-0.2, 0) is 9.53 Å². The van der Waals surface area contributed by atoms with Gasteiger partial charge in [-0.25, -0.2) is 9.59 Å². The van der Waals surface area contributed by atoms with E-state index >= 15 is 0 Å². The second-order valence-corrected chi connectivity index (χ2v) is 9.52. The second kappa shape index (κ2) is 8.65. The number of hydrogen-bond donors (Lipinski definition) is 1. The minimum atomic E-state index is -0.790. The molecule has 31 heavy (non-hydrogen) atoms. The van der Waals surface area contributed by atoms with Gasteiger partial charge in [-0.1, -0.05) is 48.4 Å². The van der Waals surface area contributed by atoms with Crippen LogP contribution in [-0.4, -0.2) is 60.6 Å². The fourth-order valence-corrected chi connectivity index (χ4v) is 6.45. The maximum absolute atomic E-state index is 13.5. The molecule has 5 atom stereocenters. The lowest BCUT2D eigenvalue weighted by atomic mass is 9.68. The van der Waals surface area contributed by atoms with Gasteiger partial charge in [0.15, 0.2) is 6.04 Å². The van der Waals surface area contributed by atoms with Crippen molar-refractivity contribution in [2.75, 3.05) is 26.7 Å². The van der Waals surface area contributed by atoms with Gasteiger partial charge in [0.2, 0.25) is 0 Å². The summed E-state index contributed by atoms with van der Waals surface area (Å²) in [7, 11) is 1.37. The van der Waals surface area contributed by atoms with Crippen molar-refractivity contribution in [2.24, 2.45) is 11.8 Å². The predicted molar refractivity (Wildman–Crippen MR) is 118 cm³/mol. The Morgan fingerprint density at radius 1 is 1.13 bits per heavy atom. The molecule has 1 aromatic carbocycles. The van der Waals surface area contributed by atoms with Gasteiger partial charge in [-0.2, -0.15) is 0 Å². The standard InChI is InChI=1S/C25H33N3O3/c1-31-24(29)22(17-8-3-2-4-9-17)26-25(30)28-13-7-10-18-14-19-15-20(23(18)28)16-27-12-6-5-11-21(19)27/h2-4,8-9,14,19-23H,5-7,10-13,15-16H2,1H3,(H,26,30)/t19-,20-,21+,22-,23+/m0/s1. The van der Waals surface area contributed by atoms with Gasteiger partial charge in [-0.05, 0) is 56.0 Å². The highest BCUT2D eigenvalue weighted by atomic mass is 16.5. The highest BCUT2D eigenvalue weighted by molar-refractivity contribution is 5.85. The Morgan fingerprint density at radius 3 is 2.77 bits per heavy atom. The molecule has 3 aliphatic heterocycles. The molecule has 3 saturated heterocycles. The summed E-state index contributed by atoms with van der Waals surface area (Å²) in [6, 6.07) is 9.26. The molecule has 3 heterocycles. The summed E-state index contributed by atoms with van der Waals surface area (Å²) in [5.41, 5.74) is 2.19. The minimum absolute atomic E-state index is 0.155. The van der Waals surface area contributed by atoms with Gasteiger partial charge in [0.05, 0.1) is 13.2 Å². The number of carbonyl (C=O) groups excluding carboxylic acids is 2. The summed E-state index contributed by atoms with van der Waals surface area (Å²) in [4.78, 5) is 30.6. The van der Waals surface area contributed by atoms with Gasteiger partial charge in [0.1, 0.15) is 0 Å². The largest absolute Gasteiger partial charge is 0.467 e. The molecule has 0 unspecified atom stereocenters. The summed E-state index contributed by atoms with van der Waals surface area (Å²) in [6.45, 7) is 3.02. The summed E-state index contributed by atoms with van der Waals surface area (Å²) >= 11 is 0. The molecule has 3 fully saturated rings. The Bertz CT molecular complexity index is 855. The zero-order valence-corrected chi connectivity index (χ0v) is 18.3. The number of nitrogens with one attached hydrogen (secondary N) is 1. The molecule has 1 N–H and O–H groups in total. The van der Waals surface area contributed by atoms with Crippen molar-refractivity contribution in [3.05, 3.63) is 47.5 Å². The molecule has 2 amide bonds. The van der Waals surface area contributed by atoms with E-state index in [9.17, 15) is 9.59 Å². The third kappa shape index (κ3) is 3.86. The summed E-state index contributed by atoms with van der Waals surface area (Å²) < 4.78 is 5.00. The molecule has 1 aromatic rings. The van der Waals surface area contributed by atoms with Crippen molar-refractivity contribution in [2.45, 2.75) is 56.7 Å². The van der Waals surface area contributed by atoms with Crippen molar-refractivity contribution in [1.29, 1.82) is 0 Å². The molecule has 6 heteroatoms. The Kier molecular flexibility index (Phi) is 5.74. The molecular weight excluding hydrogens is 390 g/mol. The van der Waals surface area contributed by atoms with Crippen molar-refractivity contribution in [1.82, 2.24) is 15.1 Å². The number of rotatable bonds is 3. The molecule has 5 rings (SSSR count). The third-order valence-electron chi connectivity index (χ3n) is 7.76. The predicted octanol–water partition coefficient (Wildman–Crippen LogP) is 3.51.